The number of carbonyl (C=O) groups excluding carboxylic acids is 1. The second-order valence-electron chi connectivity index (χ2n) is 19.5. The monoisotopic (exact) mass is 715 g/mol. The predicted octanol–water partition coefficient (Wildman–Crippen LogP) is 11.3. The van der Waals surface area contributed by atoms with E-state index in [1.807, 2.05) is 6.08 Å². The Balaban J connectivity index is 1.87. The standard InChI is InChI=1S/C42H74O5Si2/c1-17-45-38(44)41(10,11)37(43)25-20-29(2)34-23-24-35-31(19-18-26-42(34,35)12)21-22-32-27-33(46-48(13,14)39(4,5)6)28-36(30(32)3)47-49(15,16)40(7,8)9/h20-22,25,29,33-37,43H,3,17-19,23-24,26-28H2,1-2,4-16H3/b25-20+,31-21+,32-22-/t29-,33-,34-,35+,36+,37-,42-/m1/s1. The van der Waals surface area contributed by atoms with Gasteiger partial charge in [-0.05, 0) is 130 Å². The van der Waals surface area contributed by atoms with Gasteiger partial charge in [0.15, 0.2) is 16.6 Å². The molecular weight excluding hydrogens is 641 g/mol. The molecule has 3 fully saturated rings. The van der Waals surface area contributed by atoms with E-state index < -0.39 is 28.2 Å². The molecule has 0 amide bonds. The number of carbonyl (C=O) groups is 1. The molecule has 0 aromatic rings. The molecule has 3 aliphatic carbocycles. The van der Waals surface area contributed by atoms with Crippen LogP contribution >= 0.6 is 0 Å². The maximum absolute atomic E-state index is 12.5. The second kappa shape index (κ2) is 15.4. The van der Waals surface area contributed by atoms with Gasteiger partial charge in [0.1, 0.15) is 0 Å². The summed E-state index contributed by atoms with van der Waals surface area (Å²) in [4.78, 5) is 12.5. The van der Waals surface area contributed by atoms with Gasteiger partial charge in [-0.1, -0.05) is 91.8 Å². The molecular formula is C42H74O5Si2. The van der Waals surface area contributed by atoms with Crippen molar-refractivity contribution in [1.29, 1.82) is 0 Å². The van der Waals surface area contributed by atoms with Crippen molar-refractivity contribution in [1.82, 2.24) is 0 Å². The Morgan fingerprint density at radius 2 is 1.57 bits per heavy atom. The van der Waals surface area contributed by atoms with E-state index in [0.29, 0.717) is 24.4 Å². The van der Waals surface area contributed by atoms with Gasteiger partial charge in [0.25, 0.3) is 0 Å². The van der Waals surface area contributed by atoms with Gasteiger partial charge < -0.3 is 18.7 Å². The minimum atomic E-state index is -2.02. The fraction of sp³-hybridized carbons (Fsp3) is 0.786. The van der Waals surface area contributed by atoms with Crippen LogP contribution < -0.4 is 0 Å². The van der Waals surface area contributed by atoms with E-state index in [9.17, 15) is 9.90 Å². The molecule has 7 heteroatoms. The van der Waals surface area contributed by atoms with Gasteiger partial charge in [0.05, 0.1) is 30.3 Å². The molecule has 0 aliphatic heterocycles. The average Bonchev–Trinajstić information content (AvgIpc) is 3.32. The minimum absolute atomic E-state index is 0.0154. The summed E-state index contributed by atoms with van der Waals surface area (Å²) in [5, 5.41) is 11.2. The largest absolute Gasteiger partial charge is 0.465 e. The van der Waals surface area contributed by atoms with E-state index in [4.69, 9.17) is 13.6 Å². The average molecular weight is 715 g/mol. The van der Waals surface area contributed by atoms with Gasteiger partial charge >= 0.3 is 5.97 Å². The lowest BCUT2D eigenvalue weighted by atomic mass is 9.61. The Hall–Kier alpha value is -1.26. The first-order valence-electron chi connectivity index (χ1n) is 19.3. The van der Waals surface area contributed by atoms with Crippen LogP contribution in [0.1, 0.15) is 121 Å². The normalized spacial score (nSPS) is 30.6. The highest BCUT2D eigenvalue weighted by molar-refractivity contribution is 6.74. The van der Waals surface area contributed by atoms with Gasteiger partial charge in [-0.3, -0.25) is 4.79 Å². The highest BCUT2D eigenvalue weighted by atomic mass is 28.4. The van der Waals surface area contributed by atoms with E-state index in [2.05, 4.69) is 106 Å². The fourth-order valence-electron chi connectivity index (χ4n) is 8.00. The molecule has 0 heterocycles. The Labute approximate surface area is 303 Å². The zero-order valence-corrected chi connectivity index (χ0v) is 36.2. The number of rotatable bonds is 11. The van der Waals surface area contributed by atoms with Crippen LogP contribution in [0.15, 0.2) is 47.6 Å². The molecule has 0 unspecified atom stereocenters. The summed E-state index contributed by atoms with van der Waals surface area (Å²) in [6.07, 6.45) is 15.8. The number of aliphatic hydroxyl groups is 1. The molecule has 3 saturated carbocycles. The summed E-state index contributed by atoms with van der Waals surface area (Å²) in [5.74, 6) is 1.02. The van der Waals surface area contributed by atoms with Gasteiger partial charge in [-0.25, -0.2) is 0 Å². The van der Waals surface area contributed by atoms with E-state index in [1.165, 1.54) is 31.3 Å². The Kier molecular flexibility index (Phi) is 13.2. The Bertz CT molecular complexity index is 1280. The van der Waals surface area contributed by atoms with Crippen LogP contribution in [0.2, 0.25) is 36.3 Å². The number of esters is 1. The van der Waals surface area contributed by atoms with Crippen LogP contribution in [0.3, 0.4) is 0 Å². The van der Waals surface area contributed by atoms with Gasteiger partial charge in [0.2, 0.25) is 0 Å². The topological polar surface area (TPSA) is 65.0 Å². The first-order chi connectivity index (χ1) is 22.3. The number of aliphatic hydroxyl groups excluding tert-OH is 1. The van der Waals surface area contributed by atoms with Crippen LogP contribution in [-0.4, -0.2) is 52.6 Å². The summed E-state index contributed by atoms with van der Waals surface area (Å²) in [5.41, 5.74) is 3.24. The molecule has 0 aromatic carbocycles. The minimum Gasteiger partial charge on any atom is -0.465 e. The molecule has 3 aliphatic rings. The molecule has 0 aromatic heterocycles. The number of fused-ring (bicyclic) bond motifs is 1. The Morgan fingerprint density at radius 1 is 0.980 bits per heavy atom. The van der Waals surface area contributed by atoms with Gasteiger partial charge in [0, 0.05) is 6.42 Å². The first kappa shape index (κ1) is 42.2. The van der Waals surface area contributed by atoms with E-state index in [-0.39, 0.29) is 33.7 Å². The van der Waals surface area contributed by atoms with Crippen molar-refractivity contribution in [2.24, 2.45) is 28.6 Å². The zero-order valence-electron chi connectivity index (χ0n) is 34.2. The third kappa shape index (κ3) is 9.41. The maximum Gasteiger partial charge on any atom is 0.314 e. The van der Waals surface area contributed by atoms with Crippen LogP contribution in [0.25, 0.3) is 0 Å². The Morgan fingerprint density at radius 3 is 2.14 bits per heavy atom. The summed E-state index contributed by atoms with van der Waals surface area (Å²) in [6, 6.07) is 0. The third-order valence-corrected chi connectivity index (χ3v) is 22.6. The van der Waals surface area contributed by atoms with Crippen molar-refractivity contribution >= 4 is 22.6 Å². The fourth-order valence-corrected chi connectivity index (χ4v) is 10.7. The van der Waals surface area contributed by atoms with Gasteiger partial charge in [-0.2, -0.15) is 0 Å². The molecule has 0 spiro atoms. The number of allylic oxidation sites excluding steroid dienone is 4. The quantitative estimate of drug-likeness (QED) is 0.131. The lowest BCUT2D eigenvalue weighted by molar-refractivity contribution is -0.158. The van der Waals surface area contributed by atoms with Crippen LogP contribution in [0.4, 0.5) is 0 Å². The van der Waals surface area contributed by atoms with Crippen molar-refractivity contribution in [3.63, 3.8) is 0 Å². The SMILES string of the molecule is C=C1/C(=C\C=C2/CCC[C@]3(C)[C@@H]([C@H](C)/C=C/[C@@H](O)C(C)(C)C(=O)OCC)CC[C@@H]23)C[C@@H](O[Si](C)(C)C(C)(C)C)C[C@@H]1O[Si](C)(C)C(C)(C)C. The molecule has 0 radical (unpaired) electrons. The molecule has 3 rings (SSSR count). The van der Waals surface area contributed by atoms with Crippen LogP contribution in [-0.2, 0) is 18.4 Å². The highest BCUT2D eigenvalue weighted by Crippen LogP contribution is 2.59. The summed E-state index contributed by atoms with van der Waals surface area (Å²) in [6.45, 7) is 38.4. The number of hydrogen-bond donors (Lipinski definition) is 1. The zero-order chi connectivity index (χ0) is 37.4. The molecule has 0 bridgehead atoms. The van der Waals surface area contributed by atoms with Crippen molar-refractivity contribution < 1.29 is 23.5 Å². The second-order valence-corrected chi connectivity index (χ2v) is 29.0. The molecule has 1 N–H and O–H groups in total. The van der Waals surface area contributed by atoms with E-state index >= 15 is 0 Å². The first-order valence-corrected chi connectivity index (χ1v) is 25.1. The lowest BCUT2D eigenvalue weighted by Gasteiger charge is -2.45. The van der Waals surface area contributed by atoms with Crippen molar-refractivity contribution in [2.75, 3.05) is 6.61 Å². The maximum atomic E-state index is 12.5. The summed E-state index contributed by atoms with van der Waals surface area (Å²) in [7, 11) is -3.98. The van der Waals surface area contributed by atoms with Crippen molar-refractivity contribution in [3.05, 3.63) is 47.6 Å². The number of ether oxygens (including phenoxy) is 1. The van der Waals surface area contributed by atoms with Crippen LogP contribution in [0, 0.1) is 28.6 Å². The molecule has 5 nitrogen and oxygen atoms in total. The smallest absolute Gasteiger partial charge is 0.314 e. The molecule has 7 atom stereocenters. The molecule has 0 saturated heterocycles. The van der Waals surface area contributed by atoms with Crippen molar-refractivity contribution in [2.45, 2.75) is 176 Å². The molecule has 280 valence electrons. The highest BCUT2D eigenvalue weighted by Gasteiger charge is 2.51. The lowest BCUT2D eigenvalue weighted by Crippen LogP contribution is -2.49. The summed E-state index contributed by atoms with van der Waals surface area (Å²) >= 11 is 0. The van der Waals surface area contributed by atoms with Crippen molar-refractivity contribution in [3.8, 4) is 0 Å². The van der Waals surface area contributed by atoms with Crippen LogP contribution in [0.5, 0.6) is 0 Å². The van der Waals surface area contributed by atoms with E-state index in [0.717, 1.165) is 24.8 Å². The molecule has 49 heavy (non-hydrogen) atoms. The van der Waals surface area contributed by atoms with Gasteiger partial charge in [-0.15, -0.1) is 0 Å². The summed E-state index contributed by atoms with van der Waals surface area (Å²) < 4.78 is 19.4. The third-order valence-electron chi connectivity index (χ3n) is 13.5. The van der Waals surface area contributed by atoms with E-state index in [1.54, 1.807) is 26.3 Å². The predicted molar refractivity (Wildman–Crippen MR) is 212 cm³/mol. The number of hydrogen-bond acceptors (Lipinski definition) is 5.